The molecule has 0 atom stereocenters. The van der Waals surface area contributed by atoms with E-state index in [9.17, 15) is 4.79 Å². The molecule has 4 nitrogen and oxygen atoms in total. The van der Waals surface area contributed by atoms with Crippen molar-refractivity contribution in [2.24, 2.45) is 0 Å². The van der Waals surface area contributed by atoms with E-state index in [4.69, 9.17) is 16.3 Å². The van der Waals surface area contributed by atoms with Crippen molar-refractivity contribution in [3.05, 3.63) is 58.4 Å². The summed E-state index contributed by atoms with van der Waals surface area (Å²) in [6.45, 7) is 2.66. The van der Waals surface area contributed by atoms with Gasteiger partial charge >= 0.3 is 5.97 Å². The lowest BCUT2D eigenvalue weighted by Gasteiger charge is -2.10. The number of benzene rings is 1. The Hall–Kier alpha value is -2.07. The number of pyridine rings is 1. The van der Waals surface area contributed by atoms with Crippen LogP contribution in [0, 0.1) is 6.92 Å². The third-order valence-electron chi connectivity index (χ3n) is 3.00. The first-order valence-electron chi connectivity index (χ1n) is 6.13. The number of methoxy groups -OCH3 is 1. The van der Waals surface area contributed by atoms with Gasteiger partial charge in [-0.2, -0.15) is 0 Å². The van der Waals surface area contributed by atoms with Crippen molar-refractivity contribution < 1.29 is 9.53 Å². The number of carbonyl (C=O) groups excluding carboxylic acids is 1. The first-order valence-corrected chi connectivity index (χ1v) is 6.51. The minimum atomic E-state index is -0.448. The van der Waals surface area contributed by atoms with Crippen molar-refractivity contribution in [2.75, 3.05) is 12.4 Å². The number of nitrogens with one attached hydrogen (secondary N) is 1. The molecule has 20 heavy (non-hydrogen) atoms. The number of aromatic nitrogens is 1. The fourth-order valence-electron chi connectivity index (χ4n) is 1.78. The molecule has 1 aromatic heterocycles. The Kier molecular flexibility index (Phi) is 4.58. The largest absolute Gasteiger partial charge is 0.465 e. The van der Waals surface area contributed by atoms with Gasteiger partial charge in [0.1, 0.15) is 0 Å². The molecule has 2 rings (SSSR count). The second-order valence-corrected chi connectivity index (χ2v) is 4.75. The Morgan fingerprint density at radius 2 is 2.20 bits per heavy atom. The maximum atomic E-state index is 11.6. The van der Waals surface area contributed by atoms with Crippen molar-refractivity contribution >= 4 is 23.3 Å². The summed E-state index contributed by atoms with van der Waals surface area (Å²) in [5.41, 5.74) is 3.41. The smallest absolute Gasteiger partial charge is 0.339 e. The molecule has 0 aliphatic rings. The molecule has 0 fully saturated rings. The summed E-state index contributed by atoms with van der Waals surface area (Å²) < 4.78 is 4.69. The highest BCUT2D eigenvalue weighted by Crippen LogP contribution is 2.22. The molecule has 1 aromatic carbocycles. The average Bonchev–Trinajstić information content (AvgIpc) is 2.47. The number of hydrogen-bond acceptors (Lipinski definition) is 4. The lowest BCUT2D eigenvalue weighted by Crippen LogP contribution is -2.05. The van der Waals surface area contributed by atoms with Crippen LogP contribution in [0.3, 0.4) is 0 Å². The van der Waals surface area contributed by atoms with Crippen LogP contribution >= 0.6 is 11.6 Å². The summed E-state index contributed by atoms with van der Waals surface area (Å²) in [5, 5.41) is 3.62. The zero-order valence-electron chi connectivity index (χ0n) is 11.3. The molecular formula is C15H15ClN2O2. The van der Waals surface area contributed by atoms with E-state index in [0.717, 1.165) is 16.8 Å². The number of nitrogens with zero attached hydrogens (tertiary/aromatic N) is 1. The average molecular weight is 291 g/mol. The molecule has 5 heteroatoms. The van der Waals surface area contributed by atoms with E-state index in [2.05, 4.69) is 10.3 Å². The Labute approximate surface area is 122 Å². The summed E-state index contributed by atoms with van der Waals surface area (Å²) in [6, 6.07) is 7.13. The van der Waals surface area contributed by atoms with Gasteiger partial charge < -0.3 is 10.1 Å². The molecule has 1 heterocycles. The number of ether oxygens (including phenoxy) is 1. The van der Waals surface area contributed by atoms with Crippen LogP contribution in [0.2, 0.25) is 5.02 Å². The number of rotatable bonds is 4. The third kappa shape index (κ3) is 3.27. The van der Waals surface area contributed by atoms with Crippen molar-refractivity contribution in [2.45, 2.75) is 13.5 Å². The van der Waals surface area contributed by atoms with Gasteiger partial charge in [0.25, 0.3) is 0 Å². The summed E-state index contributed by atoms with van der Waals surface area (Å²) in [6.07, 6.45) is 3.58. The number of aryl methyl sites for hydroxylation is 1. The number of halogens is 1. The van der Waals surface area contributed by atoms with Gasteiger partial charge in [0, 0.05) is 24.6 Å². The van der Waals surface area contributed by atoms with Crippen LogP contribution in [0.15, 0.2) is 36.7 Å². The number of hydrogen-bond donors (Lipinski definition) is 1. The lowest BCUT2D eigenvalue weighted by molar-refractivity contribution is 0.0601. The highest BCUT2D eigenvalue weighted by Gasteiger charge is 2.11. The van der Waals surface area contributed by atoms with Crippen LogP contribution < -0.4 is 5.32 Å². The summed E-state index contributed by atoms with van der Waals surface area (Å²) in [7, 11) is 1.33. The molecule has 104 valence electrons. The van der Waals surface area contributed by atoms with Crippen LogP contribution in [0.5, 0.6) is 0 Å². The molecule has 0 unspecified atom stereocenters. The normalized spacial score (nSPS) is 10.2. The first kappa shape index (κ1) is 14.3. The van der Waals surface area contributed by atoms with Crippen LogP contribution in [0.25, 0.3) is 0 Å². The predicted molar refractivity (Wildman–Crippen MR) is 79.1 cm³/mol. The van der Waals surface area contributed by atoms with Gasteiger partial charge in [-0.1, -0.05) is 11.6 Å². The van der Waals surface area contributed by atoms with Gasteiger partial charge in [0.15, 0.2) is 0 Å². The Morgan fingerprint density at radius 1 is 1.40 bits per heavy atom. The molecule has 0 saturated heterocycles. The molecule has 0 aliphatic heterocycles. The fraction of sp³-hybridized carbons (Fsp3) is 0.200. The SMILES string of the molecule is COC(=O)c1cc(NCc2cnccc2C)ccc1Cl. The van der Waals surface area contributed by atoms with Crippen LogP contribution in [0.1, 0.15) is 21.5 Å². The van der Waals surface area contributed by atoms with Gasteiger partial charge in [0.2, 0.25) is 0 Å². The second kappa shape index (κ2) is 6.39. The van der Waals surface area contributed by atoms with E-state index in [1.165, 1.54) is 7.11 Å². The minimum Gasteiger partial charge on any atom is -0.465 e. The Balaban J connectivity index is 2.14. The van der Waals surface area contributed by atoms with Gasteiger partial charge in [0.05, 0.1) is 17.7 Å². The zero-order valence-corrected chi connectivity index (χ0v) is 12.1. The van der Waals surface area contributed by atoms with Gasteiger partial charge in [-0.3, -0.25) is 4.98 Å². The van der Waals surface area contributed by atoms with E-state index in [0.29, 0.717) is 17.1 Å². The molecule has 2 aromatic rings. The number of anilines is 1. The zero-order chi connectivity index (χ0) is 14.5. The maximum absolute atomic E-state index is 11.6. The van der Waals surface area contributed by atoms with E-state index in [1.807, 2.05) is 25.3 Å². The predicted octanol–water partition coefficient (Wildman–Crippen LogP) is 3.44. The highest BCUT2D eigenvalue weighted by atomic mass is 35.5. The van der Waals surface area contributed by atoms with Gasteiger partial charge in [-0.05, 0) is 42.3 Å². The highest BCUT2D eigenvalue weighted by molar-refractivity contribution is 6.33. The summed E-state index contributed by atoms with van der Waals surface area (Å²) >= 11 is 5.97. The molecular weight excluding hydrogens is 276 g/mol. The lowest BCUT2D eigenvalue weighted by atomic mass is 10.1. The van der Waals surface area contributed by atoms with Crippen molar-refractivity contribution in [3.8, 4) is 0 Å². The quantitative estimate of drug-likeness (QED) is 0.876. The van der Waals surface area contributed by atoms with Crippen molar-refractivity contribution in [3.63, 3.8) is 0 Å². The van der Waals surface area contributed by atoms with Gasteiger partial charge in [-0.25, -0.2) is 4.79 Å². The molecule has 1 N–H and O–H groups in total. The second-order valence-electron chi connectivity index (χ2n) is 4.34. The van der Waals surface area contributed by atoms with Crippen LogP contribution in [-0.2, 0) is 11.3 Å². The molecule has 0 spiro atoms. The molecule has 0 radical (unpaired) electrons. The monoisotopic (exact) mass is 290 g/mol. The standard InChI is InChI=1S/C15H15ClN2O2/c1-10-5-6-17-8-11(10)9-18-12-3-4-14(16)13(7-12)15(19)20-2/h3-8,18H,9H2,1-2H3. The van der Waals surface area contributed by atoms with Crippen LogP contribution in [0.4, 0.5) is 5.69 Å². The topological polar surface area (TPSA) is 51.2 Å². The van der Waals surface area contributed by atoms with Crippen molar-refractivity contribution in [1.82, 2.24) is 4.98 Å². The summed E-state index contributed by atoms with van der Waals surface area (Å²) in [5.74, 6) is -0.448. The number of carbonyl (C=O) groups is 1. The van der Waals surface area contributed by atoms with Crippen molar-refractivity contribution in [1.29, 1.82) is 0 Å². The van der Waals surface area contributed by atoms with E-state index >= 15 is 0 Å². The molecule has 0 aliphatic carbocycles. The fourth-order valence-corrected chi connectivity index (χ4v) is 1.98. The number of esters is 1. The Bertz CT molecular complexity index is 629. The van der Waals surface area contributed by atoms with E-state index < -0.39 is 5.97 Å². The van der Waals surface area contributed by atoms with Gasteiger partial charge in [-0.15, -0.1) is 0 Å². The molecule has 0 amide bonds. The van der Waals surface area contributed by atoms with Crippen LogP contribution in [-0.4, -0.2) is 18.1 Å². The molecule has 0 bridgehead atoms. The third-order valence-corrected chi connectivity index (χ3v) is 3.33. The first-order chi connectivity index (χ1) is 9.61. The molecule has 0 saturated carbocycles. The minimum absolute atomic E-state index is 0.349. The van der Waals surface area contributed by atoms with E-state index in [-0.39, 0.29) is 0 Å². The Morgan fingerprint density at radius 3 is 2.90 bits per heavy atom. The van der Waals surface area contributed by atoms with E-state index in [1.54, 1.807) is 18.3 Å². The maximum Gasteiger partial charge on any atom is 0.339 e. The summed E-state index contributed by atoms with van der Waals surface area (Å²) in [4.78, 5) is 15.7.